The van der Waals surface area contributed by atoms with Crippen LogP contribution < -0.4 is 24.8 Å². The standard InChI is InChI=1S/C25H28N2O4/c1-29-21-11-7-10-20(17-21)27-25(28)24(19-8-5-4-6-9-19)26-15-14-18-12-13-22(30-2)23(16-18)31-3/h4-13,16-17,24,26H,14-15H2,1-3H3,(H,27,28)/p+1/t24-/m1/s1. The highest BCUT2D eigenvalue weighted by molar-refractivity contribution is 5.94. The van der Waals surface area contributed by atoms with E-state index in [1.807, 2.05) is 72.8 Å². The molecule has 6 heteroatoms. The molecule has 1 atom stereocenters. The number of carbonyl (C=O) groups is 1. The first-order valence-electron chi connectivity index (χ1n) is 10.2. The average Bonchev–Trinajstić information content (AvgIpc) is 2.82. The number of hydrogen-bond donors (Lipinski definition) is 2. The fraction of sp³-hybridized carbons (Fsp3) is 0.240. The first-order valence-corrected chi connectivity index (χ1v) is 10.2. The molecule has 1 amide bonds. The summed E-state index contributed by atoms with van der Waals surface area (Å²) in [5.74, 6) is 2.03. The molecule has 6 nitrogen and oxygen atoms in total. The molecular weight excluding hydrogens is 392 g/mol. The van der Waals surface area contributed by atoms with E-state index in [1.54, 1.807) is 21.3 Å². The summed E-state index contributed by atoms with van der Waals surface area (Å²) in [4.78, 5) is 13.1. The third-order valence-electron chi connectivity index (χ3n) is 5.06. The van der Waals surface area contributed by atoms with Crippen LogP contribution in [0.25, 0.3) is 0 Å². The van der Waals surface area contributed by atoms with Gasteiger partial charge in [-0.25, -0.2) is 0 Å². The van der Waals surface area contributed by atoms with Crippen LogP contribution in [0.5, 0.6) is 17.2 Å². The molecule has 162 valence electrons. The molecule has 0 saturated heterocycles. The fourth-order valence-corrected chi connectivity index (χ4v) is 3.43. The molecule has 0 unspecified atom stereocenters. The molecule has 31 heavy (non-hydrogen) atoms. The molecule has 0 aliphatic rings. The van der Waals surface area contributed by atoms with Crippen LogP contribution in [-0.4, -0.2) is 33.8 Å². The van der Waals surface area contributed by atoms with Gasteiger partial charge in [-0.1, -0.05) is 42.5 Å². The number of nitrogens with one attached hydrogen (secondary N) is 1. The maximum atomic E-state index is 13.1. The van der Waals surface area contributed by atoms with Gasteiger partial charge in [0.2, 0.25) is 0 Å². The number of carbonyl (C=O) groups excluding carboxylic acids is 1. The number of nitrogens with two attached hydrogens (primary N) is 1. The lowest BCUT2D eigenvalue weighted by Gasteiger charge is -2.17. The lowest BCUT2D eigenvalue weighted by Crippen LogP contribution is -2.87. The van der Waals surface area contributed by atoms with E-state index in [-0.39, 0.29) is 11.9 Å². The Hall–Kier alpha value is -3.51. The summed E-state index contributed by atoms with van der Waals surface area (Å²) < 4.78 is 15.9. The zero-order valence-corrected chi connectivity index (χ0v) is 18.1. The van der Waals surface area contributed by atoms with E-state index in [0.717, 1.165) is 24.1 Å². The first-order chi connectivity index (χ1) is 15.1. The van der Waals surface area contributed by atoms with Crippen molar-refractivity contribution >= 4 is 11.6 Å². The fourth-order valence-electron chi connectivity index (χ4n) is 3.43. The zero-order valence-electron chi connectivity index (χ0n) is 18.1. The molecule has 0 heterocycles. The quantitative estimate of drug-likeness (QED) is 0.527. The van der Waals surface area contributed by atoms with Gasteiger partial charge in [-0.15, -0.1) is 0 Å². The molecule has 0 aliphatic carbocycles. The minimum absolute atomic E-state index is 0.0771. The van der Waals surface area contributed by atoms with E-state index < -0.39 is 0 Å². The van der Waals surface area contributed by atoms with Crippen LogP contribution in [0.1, 0.15) is 17.2 Å². The number of amides is 1. The Morgan fingerprint density at radius 1 is 0.871 bits per heavy atom. The summed E-state index contributed by atoms with van der Waals surface area (Å²) in [5, 5.41) is 5.07. The van der Waals surface area contributed by atoms with Gasteiger partial charge in [-0.3, -0.25) is 4.79 Å². The van der Waals surface area contributed by atoms with Crippen molar-refractivity contribution in [3.05, 3.63) is 83.9 Å². The van der Waals surface area contributed by atoms with Gasteiger partial charge < -0.3 is 24.8 Å². The number of hydrogen-bond acceptors (Lipinski definition) is 4. The van der Waals surface area contributed by atoms with Gasteiger partial charge in [0.25, 0.3) is 5.91 Å². The van der Waals surface area contributed by atoms with Gasteiger partial charge in [0.15, 0.2) is 17.5 Å². The number of quaternary nitrogens is 1. The monoisotopic (exact) mass is 421 g/mol. The highest BCUT2D eigenvalue weighted by Crippen LogP contribution is 2.27. The van der Waals surface area contributed by atoms with Crippen molar-refractivity contribution in [2.45, 2.75) is 12.5 Å². The number of benzene rings is 3. The predicted molar refractivity (Wildman–Crippen MR) is 121 cm³/mol. The molecule has 3 aromatic carbocycles. The van der Waals surface area contributed by atoms with E-state index in [2.05, 4.69) is 10.6 Å². The SMILES string of the molecule is COc1cccc(NC(=O)[C@H]([NH2+]CCc2ccc(OC)c(OC)c2)c2ccccc2)c1. The second-order valence-corrected chi connectivity index (χ2v) is 7.07. The lowest BCUT2D eigenvalue weighted by atomic mass is 10.0. The molecule has 0 radical (unpaired) electrons. The second kappa shape index (κ2) is 11.0. The van der Waals surface area contributed by atoms with Crippen LogP contribution in [0.15, 0.2) is 72.8 Å². The third-order valence-corrected chi connectivity index (χ3v) is 5.06. The van der Waals surface area contributed by atoms with Crippen molar-refractivity contribution in [3.63, 3.8) is 0 Å². The second-order valence-electron chi connectivity index (χ2n) is 7.07. The Morgan fingerprint density at radius 3 is 2.35 bits per heavy atom. The van der Waals surface area contributed by atoms with Gasteiger partial charge in [0, 0.05) is 23.7 Å². The topological polar surface area (TPSA) is 73.4 Å². The van der Waals surface area contributed by atoms with Gasteiger partial charge in [0.05, 0.1) is 27.9 Å². The van der Waals surface area contributed by atoms with E-state index in [4.69, 9.17) is 14.2 Å². The number of methoxy groups -OCH3 is 3. The lowest BCUT2D eigenvalue weighted by molar-refractivity contribution is -0.682. The highest BCUT2D eigenvalue weighted by atomic mass is 16.5. The molecule has 0 spiro atoms. The maximum absolute atomic E-state index is 13.1. The minimum Gasteiger partial charge on any atom is -0.497 e. The summed E-state index contributed by atoms with van der Waals surface area (Å²) in [7, 11) is 4.86. The van der Waals surface area contributed by atoms with Crippen LogP contribution >= 0.6 is 0 Å². The van der Waals surface area contributed by atoms with Crippen LogP contribution in [-0.2, 0) is 11.2 Å². The smallest absolute Gasteiger partial charge is 0.287 e. The Morgan fingerprint density at radius 2 is 1.65 bits per heavy atom. The summed E-state index contributed by atoms with van der Waals surface area (Å²) in [6.45, 7) is 0.737. The maximum Gasteiger partial charge on any atom is 0.287 e. The zero-order chi connectivity index (χ0) is 22.1. The molecule has 0 aliphatic heterocycles. The van der Waals surface area contributed by atoms with Crippen molar-refractivity contribution in [2.75, 3.05) is 33.2 Å². The number of ether oxygens (including phenoxy) is 3. The van der Waals surface area contributed by atoms with Crippen molar-refractivity contribution in [1.29, 1.82) is 0 Å². The highest BCUT2D eigenvalue weighted by Gasteiger charge is 2.24. The Bertz CT molecular complexity index is 992. The molecule has 0 aromatic heterocycles. The normalized spacial score (nSPS) is 11.5. The molecule has 0 fully saturated rings. The van der Waals surface area contributed by atoms with E-state index in [1.165, 1.54) is 0 Å². The average molecular weight is 422 g/mol. The molecule has 3 aromatic rings. The van der Waals surface area contributed by atoms with Gasteiger partial charge in [-0.05, 0) is 29.8 Å². The molecule has 3 N–H and O–H groups in total. The Kier molecular flexibility index (Phi) is 7.90. The van der Waals surface area contributed by atoms with Crippen LogP contribution in [0.2, 0.25) is 0 Å². The predicted octanol–water partition coefficient (Wildman–Crippen LogP) is 3.20. The van der Waals surface area contributed by atoms with Crippen molar-refractivity contribution in [3.8, 4) is 17.2 Å². The third kappa shape index (κ3) is 5.99. The van der Waals surface area contributed by atoms with E-state index in [9.17, 15) is 4.79 Å². The van der Waals surface area contributed by atoms with Crippen LogP contribution in [0, 0.1) is 0 Å². The molecule has 0 saturated carbocycles. The van der Waals surface area contributed by atoms with Crippen molar-refractivity contribution in [1.82, 2.24) is 0 Å². The Balaban J connectivity index is 1.70. The molecule has 3 rings (SSSR count). The molecular formula is C25H29N2O4+. The van der Waals surface area contributed by atoms with Gasteiger partial charge >= 0.3 is 0 Å². The first kappa shape index (κ1) is 22.2. The number of rotatable bonds is 10. The van der Waals surface area contributed by atoms with E-state index in [0.29, 0.717) is 22.9 Å². The van der Waals surface area contributed by atoms with Crippen molar-refractivity contribution < 1.29 is 24.3 Å². The van der Waals surface area contributed by atoms with Gasteiger partial charge in [0.1, 0.15) is 5.75 Å². The van der Waals surface area contributed by atoms with Crippen LogP contribution in [0.4, 0.5) is 5.69 Å². The summed E-state index contributed by atoms with van der Waals surface area (Å²) in [5.41, 5.74) is 2.78. The largest absolute Gasteiger partial charge is 0.497 e. The summed E-state index contributed by atoms with van der Waals surface area (Å²) >= 11 is 0. The summed E-state index contributed by atoms with van der Waals surface area (Å²) in [6.07, 6.45) is 0.788. The number of anilines is 1. The van der Waals surface area contributed by atoms with Gasteiger partial charge in [-0.2, -0.15) is 0 Å². The van der Waals surface area contributed by atoms with E-state index >= 15 is 0 Å². The molecule has 0 bridgehead atoms. The minimum atomic E-state index is -0.368. The summed E-state index contributed by atoms with van der Waals surface area (Å²) in [6, 6.07) is 22.7. The Labute approximate surface area is 183 Å². The van der Waals surface area contributed by atoms with Crippen molar-refractivity contribution in [2.24, 2.45) is 0 Å². The van der Waals surface area contributed by atoms with Crippen LogP contribution in [0.3, 0.4) is 0 Å².